The molecule has 1 aromatic carbocycles. The number of benzene rings is 1. The van der Waals surface area contributed by atoms with Gasteiger partial charge in [0.15, 0.2) is 5.78 Å². The number of hydrogen-bond donors (Lipinski definition) is 1. The molecule has 1 unspecified atom stereocenters. The zero-order valence-electron chi connectivity index (χ0n) is 9.14. The second kappa shape index (κ2) is 4.45. The number of rotatable bonds is 3. The monoisotopic (exact) mass is 218 g/mol. The molecule has 0 aliphatic carbocycles. The Morgan fingerprint density at radius 1 is 1.44 bits per heavy atom. The van der Waals surface area contributed by atoms with E-state index >= 15 is 0 Å². The maximum Gasteiger partial charge on any atom is 0.216 e. The van der Waals surface area contributed by atoms with Crippen LogP contribution in [-0.2, 0) is 4.74 Å². The van der Waals surface area contributed by atoms with Gasteiger partial charge in [-0.2, -0.15) is 0 Å². The van der Waals surface area contributed by atoms with Crippen molar-refractivity contribution >= 4 is 11.7 Å². The zero-order chi connectivity index (χ0) is 11.5. The van der Waals surface area contributed by atoms with E-state index in [0.717, 1.165) is 5.56 Å². The molecule has 0 spiro atoms. The Balaban J connectivity index is 2.19. The topological polar surface area (TPSA) is 64.7 Å². The minimum atomic E-state index is -0.467. The summed E-state index contributed by atoms with van der Waals surface area (Å²) in [4.78, 5) is 15.8. The Bertz CT molecular complexity index is 421. The molecule has 0 saturated carbocycles. The molecule has 0 radical (unpaired) electrons. The van der Waals surface area contributed by atoms with Crippen molar-refractivity contribution in [2.45, 2.75) is 13.0 Å². The van der Waals surface area contributed by atoms with E-state index in [-0.39, 0.29) is 5.78 Å². The molecule has 0 fully saturated rings. The largest absolute Gasteiger partial charge is 0.476 e. The van der Waals surface area contributed by atoms with Crippen LogP contribution < -0.4 is 5.73 Å². The third-order valence-electron chi connectivity index (χ3n) is 2.42. The van der Waals surface area contributed by atoms with E-state index in [1.807, 2.05) is 12.1 Å². The van der Waals surface area contributed by atoms with Crippen molar-refractivity contribution in [1.29, 1.82) is 0 Å². The molecular formula is C12H14N2O2. The third kappa shape index (κ3) is 2.12. The molecule has 1 atom stereocenters. The second-order valence-electron chi connectivity index (χ2n) is 3.77. The fraction of sp³-hybridized carbons (Fsp3) is 0.333. The highest BCUT2D eigenvalue weighted by atomic mass is 16.5. The van der Waals surface area contributed by atoms with E-state index in [4.69, 9.17) is 10.5 Å². The number of ether oxygens (including phenoxy) is 1. The molecule has 4 nitrogen and oxygen atoms in total. The SMILES string of the molecule is CC(N)C(=O)c1ccc(C2=NCCO2)cc1. The first-order chi connectivity index (χ1) is 7.68. The van der Waals surface area contributed by atoms with E-state index in [1.54, 1.807) is 19.1 Å². The highest BCUT2D eigenvalue weighted by Gasteiger charge is 2.13. The summed E-state index contributed by atoms with van der Waals surface area (Å²) in [6.45, 7) is 3.02. The molecule has 16 heavy (non-hydrogen) atoms. The van der Waals surface area contributed by atoms with Crippen LogP contribution in [0, 0.1) is 0 Å². The number of Topliss-reactive ketones (excluding diaryl/α,β-unsaturated/α-hetero) is 1. The minimum absolute atomic E-state index is 0.0548. The van der Waals surface area contributed by atoms with Crippen molar-refractivity contribution in [3.05, 3.63) is 35.4 Å². The molecule has 2 rings (SSSR count). The Labute approximate surface area is 94.1 Å². The summed E-state index contributed by atoms with van der Waals surface area (Å²) in [5.74, 6) is 0.598. The number of carbonyl (C=O) groups excluding carboxylic acids is 1. The van der Waals surface area contributed by atoms with Gasteiger partial charge in [-0.25, -0.2) is 4.99 Å². The molecule has 2 N–H and O–H groups in total. The van der Waals surface area contributed by atoms with Gasteiger partial charge in [0.25, 0.3) is 0 Å². The summed E-state index contributed by atoms with van der Waals surface area (Å²) < 4.78 is 5.33. The van der Waals surface area contributed by atoms with Crippen LogP contribution in [0.15, 0.2) is 29.3 Å². The van der Waals surface area contributed by atoms with Gasteiger partial charge in [-0.05, 0) is 19.1 Å². The Hall–Kier alpha value is -1.68. The van der Waals surface area contributed by atoms with Crippen LogP contribution in [-0.4, -0.2) is 30.9 Å². The zero-order valence-corrected chi connectivity index (χ0v) is 9.14. The first-order valence-electron chi connectivity index (χ1n) is 5.26. The number of carbonyl (C=O) groups is 1. The van der Waals surface area contributed by atoms with Crippen LogP contribution in [0.5, 0.6) is 0 Å². The standard InChI is InChI=1S/C12H14N2O2/c1-8(13)11(15)9-2-4-10(5-3-9)12-14-6-7-16-12/h2-5,8H,6-7,13H2,1H3. The lowest BCUT2D eigenvalue weighted by atomic mass is 10.0. The van der Waals surface area contributed by atoms with Gasteiger partial charge in [-0.3, -0.25) is 4.79 Å². The summed E-state index contributed by atoms with van der Waals surface area (Å²) in [5, 5.41) is 0. The van der Waals surface area contributed by atoms with Gasteiger partial charge < -0.3 is 10.5 Å². The molecule has 1 heterocycles. The predicted molar refractivity (Wildman–Crippen MR) is 61.8 cm³/mol. The molecule has 0 amide bonds. The van der Waals surface area contributed by atoms with Crippen molar-refractivity contribution in [1.82, 2.24) is 0 Å². The van der Waals surface area contributed by atoms with Crippen LogP contribution in [0.25, 0.3) is 0 Å². The van der Waals surface area contributed by atoms with Crippen LogP contribution in [0.3, 0.4) is 0 Å². The summed E-state index contributed by atoms with van der Waals surface area (Å²) in [5.41, 5.74) is 7.05. The number of nitrogens with two attached hydrogens (primary N) is 1. The van der Waals surface area contributed by atoms with Crippen molar-refractivity contribution < 1.29 is 9.53 Å². The van der Waals surface area contributed by atoms with E-state index in [2.05, 4.69) is 4.99 Å². The van der Waals surface area contributed by atoms with E-state index in [0.29, 0.717) is 24.6 Å². The van der Waals surface area contributed by atoms with Crippen LogP contribution >= 0.6 is 0 Å². The maximum absolute atomic E-state index is 11.6. The summed E-state index contributed by atoms with van der Waals surface area (Å²) in [6, 6.07) is 6.71. The fourth-order valence-corrected chi connectivity index (χ4v) is 1.55. The predicted octanol–water partition coefficient (Wildman–Crippen LogP) is 0.993. The van der Waals surface area contributed by atoms with Gasteiger partial charge in [0.1, 0.15) is 6.61 Å². The minimum Gasteiger partial charge on any atom is -0.476 e. The molecule has 1 aromatic rings. The number of hydrogen-bond acceptors (Lipinski definition) is 4. The number of nitrogens with zero attached hydrogens (tertiary/aromatic N) is 1. The second-order valence-corrected chi connectivity index (χ2v) is 3.77. The first-order valence-corrected chi connectivity index (χ1v) is 5.26. The summed E-state index contributed by atoms with van der Waals surface area (Å²) in [6.07, 6.45) is 0. The maximum atomic E-state index is 11.6. The van der Waals surface area contributed by atoms with E-state index in [1.165, 1.54) is 0 Å². The van der Waals surface area contributed by atoms with Gasteiger partial charge in [0.05, 0.1) is 12.6 Å². The van der Waals surface area contributed by atoms with Crippen molar-refractivity contribution in [2.75, 3.05) is 13.2 Å². The van der Waals surface area contributed by atoms with Crippen molar-refractivity contribution in [3.8, 4) is 0 Å². The van der Waals surface area contributed by atoms with Crippen LogP contribution in [0.4, 0.5) is 0 Å². The lowest BCUT2D eigenvalue weighted by Gasteiger charge is -2.05. The Morgan fingerprint density at radius 2 is 2.12 bits per heavy atom. The fourth-order valence-electron chi connectivity index (χ4n) is 1.55. The van der Waals surface area contributed by atoms with Gasteiger partial charge in [-0.1, -0.05) is 12.1 Å². The first kappa shape index (κ1) is 10.8. The van der Waals surface area contributed by atoms with Gasteiger partial charge >= 0.3 is 0 Å². The molecule has 0 bridgehead atoms. The highest BCUT2D eigenvalue weighted by Crippen LogP contribution is 2.10. The highest BCUT2D eigenvalue weighted by molar-refractivity contribution is 6.01. The van der Waals surface area contributed by atoms with Crippen molar-refractivity contribution in [3.63, 3.8) is 0 Å². The Morgan fingerprint density at radius 3 is 2.62 bits per heavy atom. The van der Waals surface area contributed by atoms with Gasteiger partial charge in [-0.15, -0.1) is 0 Å². The molecule has 4 heteroatoms. The molecule has 84 valence electrons. The molecule has 1 aliphatic heterocycles. The van der Waals surface area contributed by atoms with Gasteiger partial charge in [0, 0.05) is 11.1 Å². The molecule has 0 aromatic heterocycles. The van der Waals surface area contributed by atoms with Gasteiger partial charge in [0.2, 0.25) is 5.90 Å². The average molecular weight is 218 g/mol. The normalized spacial score (nSPS) is 16.5. The lowest BCUT2D eigenvalue weighted by molar-refractivity contribution is 0.0968. The quantitative estimate of drug-likeness (QED) is 0.769. The Kier molecular flexibility index (Phi) is 3.01. The molecular weight excluding hydrogens is 204 g/mol. The smallest absolute Gasteiger partial charge is 0.216 e. The molecule has 0 saturated heterocycles. The summed E-state index contributed by atoms with van der Waals surface area (Å²) in [7, 11) is 0. The molecule has 1 aliphatic rings. The van der Waals surface area contributed by atoms with Crippen LogP contribution in [0.2, 0.25) is 0 Å². The van der Waals surface area contributed by atoms with E-state index in [9.17, 15) is 4.79 Å². The van der Waals surface area contributed by atoms with Crippen LogP contribution in [0.1, 0.15) is 22.8 Å². The summed E-state index contributed by atoms with van der Waals surface area (Å²) >= 11 is 0. The average Bonchev–Trinajstić information content (AvgIpc) is 2.81. The number of aliphatic imine (C=N–C) groups is 1. The number of ketones is 1. The van der Waals surface area contributed by atoms with Crippen molar-refractivity contribution in [2.24, 2.45) is 10.7 Å². The third-order valence-corrected chi connectivity index (χ3v) is 2.42. The lowest BCUT2D eigenvalue weighted by Crippen LogP contribution is -2.26. The van der Waals surface area contributed by atoms with E-state index < -0.39 is 6.04 Å².